The largest absolute Gasteiger partial charge is 0.444 e. The Morgan fingerprint density at radius 2 is 1.75 bits per heavy atom. The normalized spacial score (nSPS) is 13.1. The van der Waals surface area contributed by atoms with Gasteiger partial charge in [-0.2, -0.15) is 0 Å². The third-order valence-corrected chi connectivity index (χ3v) is 4.76. The van der Waals surface area contributed by atoms with E-state index < -0.39 is 53.6 Å². The molecule has 0 saturated heterocycles. The molecule has 2 unspecified atom stereocenters. The molecule has 1 rings (SSSR count). The Bertz CT molecular complexity index is 987. The number of amides is 4. The highest BCUT2D eigenvalue weighted by Gasteiger charge is 2.38. The van der Waals surface area contributed by atoms with Crippen LogP contribution in [0.3, 0.4) is 0 Å². The van der Waals surface area contributed by atoms with Crippen molar-refractivity contribution < 1.29 is 29.0 Å². The van der Waals surface area contributed by atoms with Crippen molar-refractivity contribution in [1.29, 1.82) is 0 Å². The maximum Gasteiger partial charge on any atom is 0.408 e. The lowest BCUT2D eigenvalue weighted by atomic mass is 9.96. The van der Waals surface area contributed by atoms with Crippen molar-refractivity contribution in [2.75, 3.05) is 13.2 Å². The third kappa shape index (κ3) is 9.96. The predicted molar refractivity (Wildman–Crippen MR) is 135 cm³/mol. The van der Waals surface area contributed by atoms with Crippen LogP contribution in [0.1, 0.15) is 71.6 Å². The topological polar surface area (TPSA) is 151 Å². The van der Waals surface area contributed by atoms with Crippen molar-refractivity contribution in [1.82, 2.24) is 15.5 Å². The van der Waals surface area contributed by atoms with Gasteiger partial charge in [-0.25, -0.2) is 4.79 Å². The smallest absolute Gasteiger partial charge is 0.408 e. The van der Waals surface area contributed by atoms with Crippen LogP contribution in [0.2, 0.25) is 0 Å². The zero-order valence-corrected chi connectivity index (χ0v) is 21.9. The number of hydrogen-bond donors (Lipinski definition) is 4. The van der Waals surface area contributed by atoms with E-state index in [1.54, 1.807) is 65.8 Å². The summed E-state index contributed by atoms with van der Waals surface area (Å²) in [6.07, 6.45) is 4.44. The number of carbonyl (C=O) groups is 4. The van der Waals surface area contributed by atoms with Crippen LogP contribution >= 0.6 is 0 Å². The van der Waals surface area contributed by atoms with Gasteiger partial charge < -0.3 is 31.1 Å². The molecular weight excluding hydrogens is 464 g/mol. The monoisotopic (exact) mass is 502 g/mol. The molecule has 0 saturated carbocycles. The van der Waals surface area contributed by atoms with Gasteiger partial charge in [0.25, 0.3) is 0 Å². The minimum atomic E-state index is -1.26. The van der Waals surface area contributed by atoms with Crippen LogP contribution in [0, 0.1) is 12.3 Å². The Kier molecular flexibility index (Phi) is 10.9. The molecule has 5 N–H and O–H groups in total. The van der Waals surface area contributed by atoms with E-state index in [-0.39, 0.29) is 19.4 Å². The van der Waals surface area contributed by atoms with Crippen molar-refractivity contribution in [3.8, 4) is 12.3 Å². The van der Waals surface area contributed by atoms with Gasteiger partial charge in [0.15, 0.2) is 0 Å². The second kappa shape index (κ2) is 12.9. The second-order valence-electron chi connectivity index (χ2n) is 10.3. The number of ether oxygens (including phenoxy) is 1. The number of nitrogens with one attached hydrogen (secondary N) is 2. The fourth-order valence-electron chi connectivity index (χ4n) is 3.42. The number of carbonyl (C=O) groups excluding carboxylic acids is 4. The number of terminal acetylenes is 1. The average molecular weight is 503 g/mol. The molecule has 1 aromatic rings. The molecular formula is C26H38N4O6. The lowest BCUT2D eigenvalue weighted by Crippen LogP contribution is -2.55. The number of hydrogen-bond acceptors (Lipinski definition) is 6. The average Bonchev–Trinajstić information content (AvgIpc) is 2.73. The molecule has 198 valence electrons. The first-order chi connectivity index (χ1) is 16.6. The van der Waals surface area contributed by atoms with Crippen LogP contribution in [0.5, 0.6) is 0 Å². The molecule has 10 nitrogen and oxygen atoms in total. The molecule has 0 radical (unpaired) electrons. The van der Waals surface area contributed by atoms with Gasteiger partial charge in [-0.15, -0.1) is 6.42 Å². The van der Waals surface area contributed by atoms with Crippen LogP contribution in [0.4, 0.5) is 4.79 Å². The number of primary amides is 1. The van der Waals surface area contributed by atoms with Gasteiger partial charge in [0, 0.05) is 24.1 Å². The second-order valence-corrected chi connectivity index (χ2v) is 10.3. The summed E-state index contributed by atoms with van der Waals surface area (Å²) in [6.45, 7) is 9.62. The van der Waals surface area contributed by atoms with Crippen molar-refractivity contribution in [3.63, 3.8) is 0 Å². The molecule has 36 heavy (non-hydrogen) atoms. The first kappa shape index (κ1) is 30.5. The first-order valence-electron chi connectivity index (χ1n) is 11.7. The minimum absolute atomic E-state index is 0.139. The van der Waals surface area contributed by atoms with Gasteiger partial charge in [-0.1, -0.05) is 24.1 Å². The Hall–Kier alpha value is -3.58. The van der Waals surface area contributed by atoms with Crippen LogP contribution in [-0.4, -0.2) is 64.2 Å². The van der Waals surface area contributed by atoms with Gasteiger partial charge in [0.2, 0.25) is 17.7 Å². The summed E-state index contributed by atoms with van der Waals surface area (Å²) in [6, 6.07) is 4.15. The highest BCUT2D eigenvalue weighted by Crippen LogP contribution is 2.27. The van der Waals surface area contributed by atoms with Gasteiger partial charge in [0.1, 0.15) is 17.7 Å². The first-order valence-corrected chi connectivity index (χ1v) is 11.7. The van der Waals surface area contributed by atoms with E-state index in [0.717, 1.165) is 4.90 Å². The number of nitrogens with two attached hydrogens (primary N) is 1. The van der Waals surface area contributed by atoms with Crippen LogP contribution in [-0.2, 0) is 19.1 Å². The lowest BCUT2D eigenvalue weighted by Gasteiger charge is -2.36. The van der Waals surface area contributed by atoms with E-state index >= 15 is 0 Å². The highest BCUT2D eigenvalue weighted by atomic mass is 16.6. The molecule has 0 aliphatic carbocycles. The Morgan fingerprint density at radius 3 is 2.25 bits per heavy atom. The van der Waals surface area contributed by atoms with E-state index in [1.807, 2.05) is 0 Å². The fraction of sp³-hybridized carbons (Fsp3) is 0.538. The maximum atomic E-state index is 13.8. The third-order valence-electron chi connectivity index (χ3n) is 4.76. The molecule has 10 heteroatoms. The number of aliphatic hydroxyl groups excluding tert-OH is 1. The summed E-state index contributed by atoms with van der Waals surface area (Å²) in [5, 5.41) is 15.1. The summed E-state index contributed by atoms with van der Waals surface area (Å²) in [5.74, 6) is 0.611. The minimum Gasteiger partial charge on any atom is -0.444 e. The van der Waals surface area contributed by atoms with Gasteiger partial charge in [-0.3, -0.25) is 14.4 Å². The number of nitrogens with zero attached hydrogens (tertiary/aromatic N) is 1. The summed E-state index contributed by atoms with van der Waals surface area (Å²) in [7, 11) is 0. The van der Waals surface area contributed by atoms with E-state index in [4.69, 9.17) is 16.9 Å². The Labute approximate surface area is 212 Å². The highest BCUT2D eigenvalue weighted by molar-refractivity contribution is 5.93. The van der Waals surface area contributed by atoms with Crippen molar-refractivity contribution in [2.45, 2.75) is 77.6 Å². The molecule has 0 aliphatic rings. The number of alkyl carbamates (subject to hydrolysis) is 1. The van der Waals surface area contributed by atoms with Crippen LogP contribution in [0.25, 0.3) is 0 Å². The van der Waals surface area contributed by atoms with Crippen molar-refractivity contribution in [2.24, 2.45) is 5.73 Å². The zero-order valence-electron chi connectivity index (χ0n) is 21.9. The van der Waals surface area contributed by atoms with Crippen LogP contribution < -0.4 is 16.4 Å². The fourth-order valence-corrected chi connectivity index (χ4v) is 3.42. The maximum absolute atomic E-state index is 13.8. The standard InChI is InChI=1S/C26H38N4O6/c1-8-17-11-9-10-12-18(17)21(22(33)29-25(2,3)4)30(15-16-31)23(34)19(13-14-20(27)32)28-24(35)36-26(5,6)7/h1,9-12,19,21,31H,13-16H2,2-7H3,(H2,27,32)(H,28,35)(H,29,33). The molecule has 2 atom stereocenters. The van der Waals surface area contributed by atoms with E-state index in [1.165, 1.54) is 0 Å². The molecule has 0 heterocycles. The number of benzene rings is 1. The molecule has 0 bridgehead atoms. The van der Waals surface area contributed by atoms with Gasteiger partial charge >= 0.3 is 6.09 Å². The SMILES string of the molecule is C#Cc1ccccc1C(C(=O)NC(C)(C)C)N(CCO)C(=O)C(CCC(N)=O)NC(=O)OC(C)(C)C. The molecule has 4 amide bonds. The van der Waals surface area contributed by atoms with E-state index in [0.29, 0.717) is 11.1 Å². The van der Waals surface area contributed by atoms with E-state index in [2.05, 4.69) is 16.6 Å². The predicted octanol–water partition coefficient (Wildman–Crippen LogP) is 1.60. The Balaban J connectivity index is 3.56. The Morgan fingerprint density at radius 1 is 1.14 bits per heavy atom. The quantitative estimate of drug-likeness (QED) is 0.357. The molecule has 0 spiro atoms. The molecule has 0 aromatic heterocycles. The van der Waals surface area contributed by atoms with Crippen molar-refractivity contribution >= 4 is 23.8 Å². The van der Waals surface area contributed by atoms with Gasteiger partial charge in [-0.05, 0) is 59.6 Å². The molecule has 0 aliphatic heterocycles. The zero-order chi connectivity index (χ0) is 27.7. The van der Waals surface area contributed by atoms with E-state index in [9.17, 15) is 24.3 Å². The van der Waals surface area contributed by atoms with Crippen molar-refractivity contribution in [3.05, 3.63) is 35.4 Å². The molecule has 1 aromatic carbocycles. The van der Waals surface area contributed by atoms with Gasteiger partial charge in [0.05, 0.1) is 6.61 Å². The number of aliphatic hydroxyl groups is 1. The summed E-state index contributed by atoms with van der Waals surface area (Å²) < 4.78 is 5.27. The summed E-state index contributed by atoms with van der Waals surface area (Å²) >= 11 is 0. The summed E-state index contributed by atoms with van der Waals surface area (Å²) in [4.78, 5) is 52.4. The number of rotatable bonds is 10. The molecule has 0 fully saturated rings. The lowest BCUT2D eigenvalue weighted by molar-refractivity contribution is -0.143. The van der Waals surface area contributed by atoms with Crippen LogP contribution in [0.15, 0.2) is 24.3 Å². The summed E-state index contributed by atoms with van der Waals surface area (Å²) in [5.41, 5.74) is 4.55.